The summed E-state index contributed by atoms with van der Waals surface area (Å²) in [4.78, 5) is 52.1. The average Bonchev–Trinajstić information content (AvgIpc) is 3.32. The molecule has 142 valence electrons. The molecule has 0 atom stereocenters. The number of amides is 4. The molecule has 0 unspecified atom stereocenters. The van der Waals surface area contributed by atoms with E-state index in [1.807, 2.05) is 4.90 Å². The number of nitrogens with zero attached hydrogens (tertiary/aromatic N) is 2. The van der Waals surface area contributed by atoms with Gasteiger partial charge >= 0.3 is 0 Å². The highest BCUT2D eigenvalue weighted by molar-refractivity contribution is 6.22. The molecule has 2 aromatic rings. The van der Waals surface area contributed by atoms with Crippen molar-refractivity contribution in [3.63, 3.8) is 0 Å². The zero-order valence-corrected chi connectivity index (χ0v) is 15.2. The molecule has 7 heteroatoms. The number of benzene rings is 2. The van der Waals surface area contributed by atoms with E-state index < -0.39 is 17.7 Å². The summed E-state index contributed by atoms with van der Waals surface area (Å²) in [5, 5.41) is 2.66. The third-order valence-corrected chi connectivity index (χ3v) is 4.99. The molecule has 0 radical (unpaired) electrons. The van der Waals surface area contributed by atoms with E-state index in [9.17, 15) is 19.2 Å². The molecule has 4 rings (SSSR count). The summed E-state index contributed by atoms with van der Waals surface area (Å²) in [5.74, 6) is -1.43. The predicted octanol–water partition coefficient (Wildman–Crippen LogP) is 2.16. The van der Waals surface area contributed by atoms with Crippen LogP contribution in [0.3, 0.4) is 0 Å². The Bertz CT molecular complexity index is 927. The van der Waals surface area contributed by atoms with E-state index in [-0.39, 0.29) is 12.5 Å². The van der Waals surface area contributed by atoms with Gasteiger partial charge in [-0.3, -0.25) is 24.1 Å². The summed E-state index contributed by atoms with van der Waals surface area (Å²) >= 11 is 0. The molecule has 0 saturated carbocycles. The first-order chi connectivity index (χ1) is 13.5. The van der Waals surface area contributed by atoms with Gasteiger partial charge in [-0.15, -0.1) is 0 Å². The minimum atomic E-state index is -0.479. The lowest BCUT2D eigenvalue weighted by molar-refractivity contribution is -0.116. The van der Waals surface area contributed by atoms with Crippen LogP contribution in [0.25, 0.3) is 0 Å². The van der Waals surface area contributed by atoms with Crippen LogP contribution in [-0.4, -0.2) is 53.1 Å². The largest absolute Gasteiger partial charge is 0.339 e. The quantitative estimate of drug-likeness (QED) is 0.828. The molecular weight excluding hydrogens is 358 g/mol. The summed E-state index contributed by atoms with van der Waals surface area (Å²) in [6, 6.07) is 13.1. The van der Waals surface area contributed by atoms with Crippen molar-refractivity contribution in [2.24, 2.45) is 0 Å². The Morgan fingerprint density at radius 3 is 2.00 bits per heavy atom. The fraction of sp³-hybridized carbons (Fsp3) is 0.238. The third-order valence-electron chi connectivity index (χ3n) is 4.99. The molecule has 4 amide bonds. The van der Waals surface area contributed by atoms with Gasteiger partial charge in [-0.1, -0.05) is 12.1 Å². The van der Waals surface area contributed by atoms with E-state index in [1.54, 1.807) is 48.5 Å². The standard InChI is InChI=1S/C21H19N3O4/c25-18(13-24-20(27)16-5-1-2-6-17(16)21(24)28)22-15-9-7-14(8-10-15)19(26)23-11-3-4-12-23/h1-2,5-10H,3-4,11-13H2,(H,22,25). The van der Waals surface area contributed by atoms with Crippen LogP contribution in [0.4, 0.5) is 5.69 Å². The van der Waals surface area contributed by atoms with E-state index >= 15 is 0 Å². The normalized spacial score (nSPS) is 15.7. The molecule has 7 nitrogen and oxygen atoms in total. The van der Waals surface area contributed by atoms with Crippen molar-refractivity contribution in [3.8, 4) is 0 Å². The first-order valence-electron chi connectivity index (χ1n) is 9.19. The number of carbonyl (C=O) groups excluding carboxylic acids is 4. The van der Waals surface area contributed by atoms with E-state index in [1.165, 1.54) is 0 Å². The van der Waals surface area contributed by atoms with Gasteiger partial charge in [0.25, 0.3) is 17.7 Å². The fourth-order valence-corrected chi connectivity index (χ4v) is 3.53. The number of hydrogen-bond acceptors (Lipinski definition) is 4. The van der Waals surface area contributed by atoms with Gasteiger partial charge in [-0.05, 0) is 49.2 Å². The molecule has 1 fully saturated rings. The number of carbonyl (C=O) groups is 4. The van der Waals surface area contributed by atoms with Crippen LogP contribution in [0.1, 0.15) is 43.9 Å². The first kappa shape index (κ1) is 17.9. The van der Waals surface area contributed by atoms with Crippen molar-refractivity contribution in [2.45, 2.75) is 12.8 Å². The maximum atomic E-state index is 12.3. The van der Waals surface area contributed by atoms with Crippen LogP contribution < -0.4 is 5.32 Å². The molecule has 1 saturated heterocycles. The van der Waals surface area contributed by atoms with E-state index in [0.717, 1.165) is 30.8 Å². The summed E-state index contributed by atoms with van der Waals surface area (Å²) in [7, 11) is 0. The Labute approximate surface area is 161 Å². The van der Waals surface area contributed by atoms with Crippen molar-refractivity contribution in [1.82, 2.24) is 9.80 Å². The topological polar surface area (TPSA) is 86.8 Å². The second-order valence-electron chi connectivity index (χ2n) is 6.87. The Morgan fingerprint density at radius 1 is 0.857 bits per heavy atom. The molecule has 28 heavy (non-hydrogen) atoms. The van der Waals surface area contributed by atoms with Gasteiger partial charge in [0, 0.05) is 24.3 Å². The lowest BCUT2D eigenvalue weighted by Gasteiger charge is -2.16. The monoisotopic (exact) mass is 377 g/mol. The number of fused-ring (bicyclic) bond motifs is 1. The van der Waals surface area contributed by atoms with Crippen LogP contribution in [-0.2, 0) is 4.79 Å². The SMILES string of the molecule is O=C(CN1C(=O)c2ccccc2C1=O)Nc1ccc(C(=O)N2CCCC2)cc1. The number of nitrogens with one attached hydrogen (secondary N) is 1. The van der Waals surface area contributed by atoms with Crippen LogP contribution in [0.15, 0.2) is 48.5 Å². The number of hydrogen-bond donors (Lipinski definition) is 1. The smallest absolute Gasteiger partial charge is 0.262 e. The van der Waals surface area contributed by atoms with Gasteiger partial charge in [0.15, 0.2) is 0 Å². The van der Waals surface area contributed by atoms with Crippen molar-refractivity contribution < 1.29 is 19.2 Å². The van der Waals surface area contributed by atoms with Crippen LogP contribution >= 0.6 is 0 Å². The molecule has 0 spiro atoms. The highest BCUT2D eigenvalue weighted by Gasteiger charge is 2.36. The van der Waals surface area contributed by atoms with Crippen LogP contribution in [0.5, 0.6) is 0 Å². The van der Waals surface area contributed by atoms with Gasteiger partial charge < -0.3 is 10.2 Å². The molecule has 2 aliphatic heterocycles. The fourth-order valence-electron chi connectivity index (χ4n) is 3.53. The van der Waals surface area contributed by atoms with E-state index in [0.29, 0.717) is 22.4 Å². The summed E-state index contributed by atoms with van der Waals surface area (Å²) in [5.41, 5.74) is 1.69. The van der Waals surface area contributed by atoms with Gasteiger partial charge in [0.2, 0.25) is 5.91 Å². The molecule has 0 bridgehead atoms. The Kier molecular flexibility index (Phi) is 4.65. The second-order valence-corrected chi connectivity index (χ2v) is 6.87. The van der Waals surface area contributed by atoms with Crippen LogP contribution in [0, 0.1) is 0 Å². The lowest BCUT2D eigenvalue weighted by Crippen LogP contribution is -2.37. The Balaban J connectivity index is 1.38. The molecule has 0 aliphatic carbocycles. The van der Waals surface area contributed by atoms with Gasteiger partial charge in [0.05, 0.1) is 11.1 Å². The molecule has 1 N–H and O–H groups in total. The van der Waals surface area contributed by atoms with Gasteiger partial charge in [-0.25, -0.2) is 0 Å². The minimum absolute atomic E-state index is 0.0126. The van der Waals surface area contributed by atoms with Gasteiger partial charge in [-0.2, -0.15) is 0 Å². The van der Waals surface area contributed by atoms with Crippen molar-refractivity contribution in [3.05, 3.63) is 65.2 Å². The van der Waals surface area contributed by atoms with Crippen molar-refractivity contribution in [1.29, 1.82) is 0 Å². The lowest BCUT2D eigenvalue weighted by atomic mass is 10.1. The highest BCUT2D eigenvalue weighted by atomic mass is 16.2. The van der Waals surface area contributed by atoms with Crippen molar-refractivity contribution >= 4 is 29.3 Å². The summed E-state index contributed by atoms with van der Waals surface area (Å²) < 4.78 is 0. The minimum Gasteiger partial charge on any atom is -0.339 e. The first-order valence-corrected chi connectivity index (χ1v) is 9.19. The van der Waals surface area contributed by atoms with Gasteiger partial charge in [0.1, 0.15) is 6.54 Å². The third kappa shape index (κ3) is 3.26. The second kappa shape index (κ2) is 7.26. The Morgan fingerprint density at radius 2 is 1.43 bits per heavy atom. The highest BCUT2D eigenvalue weighted by Crippen LogP contribution is 2.22. The molecule has 2 heterocycles. The predicted molar refractivity (Wildman–Crippen MR) is 102 cm³/mol. The van der Waals surface area contributed by atoms with E-state index in [4.69, 9.17) is 0 Å². The number of rotatable bonds is 4. The maximum Gasteiger partial charge on any atom is 0.262 e. The zero-order valence-electron chi connectivity index (χ0n) is 15.2. The average molecular weight is 377 g/mol. The van der Waals surface area contributed by atoms with Crippen molar-refractivity contribution in [2.75, 3.05) is 25.0 Å². The number of imide groups is 1. The van der Waals surface area contributed by atoms with Crippen LogP contribution in [0.2, 0.25) is 0 Å². The zero-order chi connectivity index (χ0) is 19.7. The maximum absolute atomic E-state index is 12.3. The number of likely N-dealkylation sites (tertiary alicyclic amines) is 1. The summed E-state index contributed by atoms with van der Waals surface area (Å²) in [6.07, 6.45) is 2.05. The summed E-state index contributed by atoms with van der Waals surface area (Å²) in [6.45, 7) is 1.19. The molecule has 2 aromatic carbocycles. The molecule has 2 aliphatic rings. The Hall–Kier alpha value is -3.48. The molecule has 0 aromatic heterocycles. The number of anilines is 1. The van der Waals surface area contributed by atoms with E-state index in [2.05, 4.69) is 5.32 Å². The molecular formula is C21H19N3O4.